The Morgan fingerprint density at radius 2 is 0.407 bits per heavy atom. The van der Waals surface area contributed by atoms with Gasteiger partial charge in [0.15, 0.2) is 0 Å². The van der Waals surface area contributed by atoms with Crippen molar-refractivity contribution < 1.29 is 0 Å². The second-order valence-electron chi connectivity index (χ2n) is 34.0. The van der Waals surface area contributed by atoms with Gasteiger partial charge >= 0.3 is 0 Å². The molecule has 0 heterocycles. The molecule has 0 aliphatic heterocycles. The first-order valence-electron chi connectivity index (χ1n) is 41.6. The molecule has 6 aliphatic carbocycles. The molecule has 18 aromatic carbocycles. The molecule has 2 nitrogen and oxygen atoms in total. The van der Waals surface area contributed by atoms with E-state index < -0.39 is 10.8 Å². The first kappa shape index (κ1) is 68.0. The van der Waals surface area contributed by atoms with Gasteiger partial charge in [0.05, 0.1) is 16.5 Å². The fourth-order valence-electron chi connectivity index (χ4n) is 22.3. The Balaban J connectivity index is 0.627. The Kier molecular flexibility index (Phi) is 14.7. The topological polar surface area (TPSA) is 6.48 Å². The van der Waals surface area contributed by atoms with Crippen molar-refractivity contribution in [3.63, 3.8) is 0 Å². The largest absolute Gasteiger partial charge is 0.310 e. The molecular weight excluding hydrogens is 1420 g/mol. The molecule has 0 amide bonds. The summed E-state index contributed by atoms with van der Waals surface area (Å²) in [6, 6.07) is 157. The van der Waals surface area contributed by atoms with E-state index in [9.17, 15) is 0 Å². The van der Waals surface area contributed by atoms with Gasteiger partial charge in [-0.3, -0.25) is 0 Å². The summed E-state index contributed by atoms with van der Waals surface area (Å²) >= 11 is 0. The zero-order valence-corrected chi connectivity index (χ0v) is 66.2. The minimum atomic E-state index is -0.633. The second-order valence-corrected chi connectivity index (χ2v) is 34.0. The first-order valence-corrected chi connectivity index (χ1v) is 41.6. The lowest BCUT2D eigenvalue weighted by Gasteiger charge is -2.33. The maximum atomic E-state index is 2.55. The van der Waals surface area contributed by atoms with Crippen LogP contribution in [0.1, 0.15) is 94.5 Å². The highest BCUT2D eigenvalue weighted by Crippen LogP contribution is 2.67. The highest BCUT2D eigenvalue weighted by Gasteiger charge is 2.54. The van der Waals surface area contributed by atoms with Crippen molar-refractivity contribution in [2.24, 2.45) is 0 Å². The van der Waals surface area contributed by atoms with Gasteiger partial charge < -0.3 is 9.80 Å². The number of hydrogen-bond acceptors (Lipinski definition) is 2. The minimum Gasteiger partial charge on any atom is -0.310 e. The highest BCUT2D eigenvalue weighted by molar-refractivity contribution is 6.02. The summed E-state index contributed by atoms with van der Waals surface area (Å²) in [6.07, 6.45) is 0. The van der Waals surface area contributed by atoms with Gasteiger partial charge in [0.1, 0.15) is 0 Å². The molecule has 24 rings (SSSR count). The molecule has 0 aromatic heterocycles. The predicted octanol–water partition coefficient (Wildman–Crippen LogP) is 30.3. The van der Waals surface area contributed by atoms with E-state index in [2.05, 4.69) is 450 Å². The number of nitrogens with zero attached hydrogens (tertiary/aromatic N) is 2. The van der Waals surface area contributed by atoms with Crippen LogP contribution in [0.2, 0.25) is 0 Å². The van der Waals surface area contributed by atoms with E-state index in [0.29, 0.717) is 0 Å². The molecule has 0 bridgehead atoms. The lowest BCUT2D eigenvalue weighted by molar-refractivity contribution is 0.660. The standard InChI is InChI=1S/C116H80N2/c1-113(2)100-42-20-12-35-88(100)95-63-59-79(69-108(95)113)117(80-60-65-97-92-39-16-24-46-104(92)115(110(97)71-80)102-44-22-14-37-90(102)91-38-15-23-45-103(91)115)78-57-54-75(55-58-78)83-30-8-10-33-86(83)87-34-11-9-31-84(87)77-56-67-107-99(68-77)94-41-18-26-48-106(94)116(107)105-47-25-17-40-93(105)98-66-62-82(72-111(98)116)118(81-61-64-96-89-36-13-21-43-101(89)114(3,4)109(96)70-81)112-49-27-19-32-85(112)76-52-50-74(51-53-76)73-28-6-5-7-29-73/h5-72H,1-4H3. The number of hydrogen-bond donors (Lipinski definition) is 0. The molecule has 18 aromatic rings. The van der Waals surface area contributed by atoms with Crippen LogP contribution in [-0.4, -0.2) is 0 Å². The van der Waals surface area contributed by atoms with Crippen molar-refractivity contribution in [3.05, 3.63) is 479 Å². The van der Waals surface area contributed by atoms with Crippen LogP contribution in [0.25, 0.3) is 122 Å². The van der Waals surface area contributed by atoms with Crippen LogP contribution in [0.4, 0.5) is 34.1 Å². The molecule has 0 N–H and O–H groups in total. The monoisotopic (exact) mass is 1500 g/mol. The Bertz CT molecular complexity index is 7190. The summed E-state index contributed by atoms with van der Waals surface area (Å²) in [5.41, 5.74) is 48.3. The molecule has 1 unspecified atom stereocenters. The van der Waals surface area contributed by atoms with Gasteiger partial charge in [-0.05, 0) is 256 Å². The van der Waals surface area contributed by atoms with Gasteiger partial charge in [0, 0.05) is 44.8 Å². The van der Waals surface area contributed by atoms with Crippen molar-refractivity contribution in [2.45, 2.75) is 49.4 Å². The van der Waals surface area contributed by atoms with Crippen molar-refractivity contribution in [3.8, 4) is 122 Å². The van der Waals surface area contributed by atoms with Gasteiger partial charge in [-0.1, -0.05) is 367 Å². The van der Waals surface area contributed by atoms with Crippen LogP contribution in [0.3, 0.4) is 0 Å². The Morgan fingerprint density at radius 1 is 0.144 bits per heavy atom. The molecular formula is C116H80N2. The van der Waals surface area contributed by atoms with Gasteiger partial charge in [-0.15, -0.1) is 0 Å². The lowest BCUT2D eigenvalue weighted by atomic mass is 9.70. The van der Waals surface area contributed by atoms with E-state index in [4.69, 9.17) is 0 Å². The number of benzene rings is 18. The third-order valence-electron chi connectivity index (χ3n) is 27.6. The predicted molar refractivity (Wildman–Crippen MR) is 491 cm³/mol. The van der Waals surface area contributed by atoms with E-state index in [1.807, 2.05) is 0 Å². The SMILES string of the molecule is CC1(C)c2ccccc2-c2ccc(N(c3ccc(-c4ccccc4-c4ccccc4-c4ccc5c(c4)-c4ccccc4C54c5ccccc5-c5ccc(N(c6ccc7c(c6)C(C)(C)c6ccccc6-7)c6ccccc6-c6ccc(-c7ccccc7)cc6)cc54)cc3)c3ccc4c(c3)C3(c5ccccc5-c5ccccc53)c3ccccc3-4)cc21. The smallest absolute Gasteiger partial charge is 0.0726 e. The Labute approximate surface area is 690 Å². The van der Waals surface area contributed by atoms with Crippen molar-refractivity contribution in [1.82, 2.24) is 0 Å². The van der Waals surface area contributed by atoms with Crippen molar-refractivity contribution >= 4 is 34.1 Å². The number of fused-ring (bicyclic) bond motifs is 26. The number of anilines is 6. The van der Waals surface area contributed by atoms with Crippen LogP contribution in [-0.2, 0) is 21.7 Å². The molecule has 0 radical (unpaired) electrons. The molecule has 2 spiro atoms. The molecule has 2 heteroatoms. The van der Waals surface area contributed by atoms with E-state index in [1.54, 1.807) is 0 Å². The molecule has 0 saturated carbocycles. The lowest BCUT2D eigenvalue weighted by Crippen LogP contribution is -2.26. The zero-order chi connectivity index (χ0) is 78.3. The summed E-state index contributed by atoms with van der Waals surface area (Å²) in [5.74, 6) is 0. The van der Waals surface area contributed by atoms with Crippen LogP contribution in [0, 0.1) is 0 Å². The normalized spacial score (nSPS) is 15.2. The average Bonchev–Trinajstić information content (AvgIpc) is 1.51. The van der Waals surface area contributed by atoms with Gasteiger partial charge in [-0.25, -0.2) is 0 Å². The maximum absolute atomic E-state index is 2.55. The van der Waals surface area contributed by atoms with Gasteiger partial charge in [-0.2, -0.15) is 0 Å². The summed E-state index contributed by atoms with van der Waals surface area (Å²) in [7, 11) is 0. The first-order chi connectivity index (χ1) is 58.0. The van der Waals surface area contributed by atoms with Crippen LogP contribution in [0.15, 0.2) is 413 Å². The third kappa shape index (κ3) is 9.51. The summed E-state index contributed by atoms with van der Waals surface area (Å²) < 4.78 is 0. The van der Waals surface area contributed by atoms with E-state index in [1.165, 1.54) is 172 Å². The third-order valence-corrected chi connectivity index (χ3v) is 27.6. The van der Waals surface area contributed by atoms with Crippen molar-refractivity contribution in [2.75, 3.05) is 9.80 Å². The van der Waals surface area contributed by atoms with Gasteiger partial charge in [0.2, 0.25) is 0 Å². The molecule has 0 saturated heterocycles. The molecule has 0 fully saturated rings. The summed E-state index contributed by atoms with van der Waals surface area (Å²) in [4.78, 5) is 5.06. The average molecular weight is 1500 g/mol. The minimum absolute atomic E-state index is 0.197. The molecule has 118 heavy (non-hydrogen) atoms. The van der Waals surface area contributed by atoms with Crippen LogP contribution in [0.5, 0.6) is 0 Å². The highest BCUT2D eigenvalue weighted by atomic mass is 15.2. The fourth-order valence-corrected chi connectivity index (χ4v) is 22.3. The van der Waals surface area contributed by atoms with E-state index in [-0.39, 0.29) is 10.8 Å². The summed E-state index contributed by atoms with van der Waals surface area (Å²) in [5, 5.41) is 0. The van der Waals surface area contributed by atoms with E-state index in [0.717, 1.165) is 50.8 Å². The number of rotatable bonds is 11. The Morgan fingerprint density at radius 3 is 0.847 bits per heavy atom. The molecule has 554 valence electrons. The number of para-hydroxylation sites is 1. The van der Waals surface area contributed by atoms with Crippen LogP contribution >= 0.6 is 0 Å². The Hall–Kier alpha value is -14.4. The quantitative estimate of drug-likeness (QED) is 0.127. The molecule has 1 atom stereocenters. The fraction of sp³-hybridized carbons (Fsp3) is 0.0690. The molecule has 6 aliphatic rings. The van der Waals surface area contributed by atoms with Crippen LogP contribution < -0.4 is 9.80 Å². The second kappa shape index (κ2) is 25.5. The summed E-state index contributed by atoms with van der Waals surface area (Å²) in [6.45, 7) is 9.56. The van der Waals surface area contributed by atoms with Crippen molar-refractivity contribution in [1.29, 1.82) is 0 Å². The zero-order valence-electron chi connectivity index (χ0n) is 66.2. The van der Waals surface area contributed by atoms with Gasteiger partial charge in [0.25, 0.3) is 0 Å². The maximum Gasteiger partial charge on any atom is 0.0726 e. The van der Waals surface area contributed by atoms with E-state index >= 15 is 0 Å².